The van der Waals surface area contributed by atoms with E-state index in [1.807, 2.05) is 12.1 Å². The van der Waals surface area contributed by atoms with Crippen molar-refractivity contribution in [3.05, 3.63) is 29.8 Å². The number of hydrogen-bond acceptors (Lipinski definition) is 4. The average Bonchev–Trinajstić information content (AvgIpc) is 2.46. The van der Waals surface area contributed by atoms with Crippen molar-refractivity contribution >= 4 is 0 Å². The van der Waals surface area contributed by atoms with Gasteiger partial charge in [-0.1, -0.05) is 12.1 Å². The van der Waals surface area contributed by atoms with Gasteiger partial charge in [-0.05, 0) is 24.1 Å². The molecule has 0 aliphatic carbocycles. The highest BCUT2D eigenvalue weighted by atomic mass is 16.5. The molecule has 0 bridgehead atoms. The minimum atomic E-state index is -0.269. The molecule has 1 fully saturated rings. The van der Waals surface area contributed by atoms with Crippen molar-refractivity contribution in [1.29, 1.82) is 5.26 Å². The van der Waals surface area contributed by atoms with Crippen LogP contribution in [0, 0.1) is 11.3 Å². The van der Waals surface area contributed by atoms with E-state index in [9.17, 15) is 0 Å². The van der Waals surface area contributed by atoms with Crippen LogP contribution in [-0.4, -0.2) is 44.4 Å². The number of rotatable bonds is 4. The number of methoxy groups -OCH3 is 1. The van der Waals surface area contributed by atoms with Gasteiger partial charge >= 0.3 is 0 Å². The fraction of sp³-hybridized carbons (Fsp3) is 0.500. The zero-order chi connectivity index (χ0) is 12.8. The van der Waals surface area contributed by atoms with Gasteiger partial charge in [0.05, 0.1) is 19.8 Å². The van der Waals surface area contributed by atoms with Crippen LogP contribution in [0.5, 0.6) is 5.75 Å². The Balaban J connectivity index is 1.81. The predicted octanol–water partition coefficient (Wildman–Crippen LogP) is 1.46. The van der Waals surface area contributed by atoms with Gasteiger partial charge in [0.1, 0.15) is 5.75 Å². The molecule has 1 aliphatic heterocycles. The van der Waals surface area contributed by atoms with Gasteiger partial charge in [0, 0.05) is 19.6 Å². The smallest absolute Gasteiger partial charge is 0.156 e. The molecule has 96 valence electrons. The Labute approximate surface area is 108 Å². The Morgan fingerprint density at radius 1 is 1.44 bits per heavy atom. The molecule has 1 atom stereocenters. The maximum absolute atomic E-state index is 8.84. The summed E-state index contributed by atoms with van der Waals surface area (Å²) in [5, 5.41) is 8.84. The molecule has 4 nitrogen and oxygen atoms in total. The Morgan fingerprint density at radius 2 is 2.22 bits per heavy atom. The quantitative estimate of drug-likeness (QED) is 0.807. The molecular formula is C14H18N2O2. The van der Waals surface area contributed by atoms with E-state index in [2.05, 4.69) is 23.1 Å². The molecule has 1 saturated heterocycles. The second kappa shape index (κ2) is 6.39. The van der Waals surface area contributed by atoms with Crippen LogP contribution in [0.3, 0.4) is 0 Å². The summed E-state index contributed by atoms with van der Waals surface area (Å²) in [6.07, 6.45) is 0.719. The monoisotopic (exact) mass is 246 g/mol. The van der Waals surface area contributed by atoms with E-state index in [-0.39, 0.29) is 6.10 Å². The topological polar surface area (TPSA) is 45.5 Å². The summed E-state index contributed by atoms with van der Waals surface area (Å²) in [5.74, 6) is 0.884. The van der Waals surface area contributed by atoms with Gasteiger partial charge in [-0.2, -0.15) is 5.26 Å². The minimum absolute atomic E-state index is 0.269. The average molecular weight is 246 g/mol. The first-order chi connectivity index (χ1) is 8.81. The summed E-state index contributed by atoms with van der Waals surface area (Å²) in [6.45, 7) is 3.25. The zero-order valence-electron chi connectivity index (χ0n) is 10.6. The summed E-state index contributed by atoms with van der Waals surface area (Å²) >= 11 is 0. The molecule has 0 spiro atoms. The first-order valence-electron chi connectivity index (χ1n) is 6.18. The van der Waals surface area contributed by atoms with E-state index in [4.69, 9.17) is 14.7 Å². The lowest BCUT2D eigenvalue weighted by atomic mass is 10.1. The lowest BCUT2D eigenvalue weighted by molar-refractivity contribution is 0.00105. The van der Waals surface area contributed by atoms with Crippen LogP contribution in [0.1, 0.15) is 5.56 Å². The molecule has 18 heavy (non-hydrogen) atoms. The Hall–Kier alpha value is -1.57. The lowest BCUT2D eigenvalue weighted by Gasteiger charge is -2.29. The van der Waals surface area contributed by atoms with Crippen LogP contribution in [0.15, 0.2) is 24.3 Å². The molecule has 1 heterocycles. The highest BCUT2D eigenvalue weighted by Crippen LogP contribution is 2.12. The summed E-state index contributed by atoms with van der Waals surface area (Å²) < 4.78 is 10.4. The summed E-state index contributed by atoms with van der Waals surface area (Å²) in [6, 6.07) is 10.3. The maximum Gasteiger partial charge on any atom is 0.156 e. The highest BCUT2D eigenvalue weighted by Gasteiger charge is 2.19. The van der Waals surface area contributed by atoms with Gasteiger partial charge in [0.15, 0.2) is 6.10 Å². The molecule has 0 radical (unpaired) electrons. The van der Waals surface area contributed by atoms with Crippen molar-refractivity contribution < 1.29 is 9.47 Å². The standard InChI is InChI=1S/C14H18N2O2/c1-17-13-4-2-12(3-5-13)6-7-16-8-9-18-14(10-15)11-16/h2-5,14H,6-9,11H2,1H3. The summed E-state index contributed by atoms with van der Waals surface area (Å²) in [4.78, 5) is 2.28. The van der Waals surface area contributed by atoms with Crippen molar-refractivity contribution in [2.24, 2.45) is 0 Å². The number of ether oxygens (including phenoxy) is 2. The molecule has 0 saturated carbocycles. The lowest BCUT2D eigenvalue weighted by Crippen LogP contribution is -2.42. The van der Waals surface area contributed by atoms with E-state index in [1.165, 1.54) is 5.56 Å². The number of morpholine rings is 1. The van der Waals surface area contributed by atoms with Gasteiger partial charge in [0.25, 0.3) is 0 Å². The van der Waals surface area contributed by atoms with Crippen LogP contribution in [0.4, 0.5) is 0 Å². The molecular weight excluding hydrogens is 228 g/mol. The third-order valence-corrected chi connectivity index (χ3v) is 3.17. The van der Waals surface area contributed by atoms with Crippen LogP contribution >= 0.6 is 0 Å². The van der Waals surface area contributed by atoms with E-state index < -0.39 is 0 Å². The number of benzene rings is 1. The van der Waals surface area contributed by atoms with Gasteiger partial charge < -0.3 is 9.47 Å². The second-order valence-corrected chi connectivity index (χ2v) is 4.39. The van der Waals surface area contributed by atoms with E-state index in [0.717, 1.165) is 25.3 Å². The largest absolute Gasteiger partial charge is 0.497 e. The van der Waals surface area contributed by atoms with Crippen LogP contribution in [-0.2, 0) is 11.2 Å². The normalized spacial score (nSPS) is 20.3. The van der Waals surface area contributed by atoms with E-state index >= 15 is 0 Å². The third-order valence-electron chi connectivity index (χ3n) is 3.17. The predicted molar refractivity (Wildman–Crippen MR) is 68.5 cm³/mol. The molecule has 1 unspecified atom stereocenters. The molecule has 0 aromatic heterocycles. The maximum atomic E-state index is 8.84. The molecule has 2 rings (SSSR count). The number of hydrogen-bond donors (Lipinski definition) is 0. The van der Waals surface area contributed by atoms with Gasteiger partial charge in [-0.25, -0.2) is 0 Å². The van der Waals surface area contributed by atoms with Gasteiger partial charge in [0.2, 0.25) is 0 Å². The van der Waals surface area contributed by atoms with Crippen molar-refractivity contribution in [2.75, 3.05) is 33.4 Å². The van der Waals surface area contributed by atoms with Crippen molar-refractivity contribution in [3.8, 4) is 11.8 Å². The molecule has 1 aliphatic rings. The van der Waals surface area contributed by atoms with Crippen LogP contribution in [0.25, 0.3) is 0 Å². The minimum Gasteiger partial charge on any atom is -0.497 e. The molecule has 1 aromatic carbocycles. The van der Waals surface area contributed by atoms with Crippen LogP contribution in [0.2, 0.25) is 0 Å². The van der Waals surface area contributed by atoms with Crippen molar-refractivity contribution in [1.82, 2.24) is 4.90 Å². The SMILES string of the molecule is COc1ccc(CCN2CCOC(C#N)C2)cc1. The molecule has 4 heteroatoms. The zero-order valence-corrected chi connectivity index (χ0v) is 10.6. The molecule has 0 amide bonds. The van der Waals surface area contributed by atoms with Gasteiger partial charge in [-0.3, -0.25) is 4.90 Å². The Kier molecular flexibility index (Phi) is 4.57. The first-order valence-corrected chi connectivity index (χ1v) is 6.18. The Bertz CT molecular complexity index is 411. The fourth-order valence-corrected chi connectivity index (χ4v) is 2.06. The highest BCUT2D eigenvalue weighted by molar-refractivity contribution is 5.27. The number of nitrogens with zero attached hydrogens (tertiary/aromatic N) is 2. The second-order valence-electron chi connectivity index (χ2n) is 4.39. The molecule has 1 aromatic rings. The Morgan fingerprint density at radius 3 is 2.89 bits per heavy atom. The van der Waals surface area contributed by atoms with Crippen LogP contribution < -0.4 is 4.74 Å². The summed E-state index contributed by atoms with van der Waals surface area (Å²) in [7, 11) is 1.67. The van der Waals surface area contributed by atoms with E-state index in [0.29, 0.717) is 13.2 Å². The molecule has 0 N–H and O–H groups in total. The van der Waals surface area contributed by atoms with Crippen molar-refractivity contribution in [3.63, 3.8) is 0 Å². The van der Waals surface area contributed by atoms with Gasteiger partial charge in [-0.15, -0.1) is 0 Å². The van der Waals surface area contributed by atoms with Crippen molar-refractivity contribution in [2.45, 2.75) is 12.5 Å². The first kappa shape index (κ1) is 12.9. The van der Waals surface area contributed by atoms with E-state index in [1.54, 1.807) is 7.11 Å². The fourth-order valence-electron chi connectivity index (χ4n) is 2.06. The number of nitriles is 1. The third kappa shape index (κ3) is 3.46. The summed E-state index contributed by atoms with van der Waals surface area (Å²) in [5.41, 5.74) is 1.29.